The van der Waals surface area contributed by atoms with E-state index in [1.165, 1.54) is 6.07 Å². The van der Waals surface area contributed by atoms with Gasteiger partial charge in [0.15, 0.2) is 0 Å². The highest BCUT2D eigenvalue weighted by Gasteiger charge is 2.18. The van der Waals surface area contributed by atoms with E-state index >= 15 is 0 Å². The molecule has 1 rings (SSSR count). The Bertz CT molecular complexity index is 468. The number of hydrogen-bond donors (Lipinski definition) is 2. The van der Waals surface area contributed by atoms with Crippen molar-refractivity contribution in [2.75, 3.05) is 19.8 Å². The largest absolute Gasteiger partial charge is 0.447 e. The molecular formula is C12H22N2O4S. The number of furan rings is 1. The maximum atomic E-state index is 11.9. The predicted octanol–water partition coefficient (Wildman–Crippen LogP) is 1.09. The standard InChI is InChI=1S/C12H22N2O4S/c1-4-17-8-7-14-19(15,16)12-6-5-11(18-12)9-13-10(2)3/h5-6,10,13-14H,4,7-9H2,1-3H3. The van der Waals surface area contributed by atoms with Crippen molar-refractivity contribution in [3.05, 3.63) is 17.9 Å². The third kappa shape index (κ3) is 5.73. The minimum absolute atomic E-state index is 0.0652. The molecule has 110 valence electrons. The maximum absolute atomic E-state index is 11.9. The Hall–Kier alpha value is -0.890. The summed E-state index contributed by atoms with van der Waals surface area (Å²) in [5, 5.41) is 3.09. The van der Waals surface area contributed by atoms with Gasteiger partial charge < -0.3 is 14.5 Å². The lowest BCUT2D eigenvalue weighted by molar-refractivity contribution is 0.153. The molecule has 0 radical (unpaired) electrons. The van der Waals surface area contributed by atoms with Crippen molar-refractivity contribution < 1.29 is 17.6 Å². The van der Waals surface area contributed by atoms with E-state index in [1.54, 1.807) is 6.07 Å². The average Bonchev–Trinajstić information content (AvgIpc) is 2.82. The highest BCUT2D eigenvalue weighted by Crippen LogP contribution is 2.13. The summed E-state index contributed by atoms with van der Waals surface area (Å²) >= 11 is 0. The van der Waals surface area contributed by atoms with E-state index in [1.807, 2.05) is 20.8 Å². The van der Waals surface area contributed by atoms with E-state index in [0.29, 0.717) is 31.6 Å². The second-order valence-electron chi connectivity index (χ2n) is 4.35. The minimum atomic E-state index is -3.58. The first-order valence-corrected chi connectivity index (χ1v) is 7.83. The maximum Gasteiger partial charge on any atom is 0.274 e. The van der Waals surface area contributed by atoms with Crippen LogP contribution in [0.2, 0.25) is 0 Å². The molecule has 19 heavy (non-hydrogen) atoms. The second kappa shape index (κ2) is 7.64. The zero-order valence-electron chi connectivity index (χ0n) is 11.6. The van der Waals surface area contributed by atoms with E-state index in [4.69, 9.17) is 9.15 Å². The Morgan fingerprint density at radius 2 is 2.11 bits per heavy atom. The highest BCUT2D eigenvalue weighted by molar-refractivity contribution is 7.89. The molecule has 6 nitrogen and oxygen atoms in total. The van der Waals surface area contributed by atoms with E-state index in [2.05, 4.69) is 10.0 Å². The fourth-order valence-electron chi connectivity index (χ4n) is 1.37. The van der Waals surface area contributed by atoms with Gasteiger partial charge >= 0.3 is 0 Å². The van der Waals surface area contributed by atoms with Crippen molar-refractivity contribution in [2.24, 2.45) is 0 Å². The van der Waals surface area contributed by atoms with Crippen molar-refractivity contribution in [2.45, 2.75) is 38.5 Å². The van der Waals surface area contributed by atoms with Crippen molar-refractivity contribution in [1.29, 1.82) is 0 Å². The lowest BCUT2D eigenvalue weighted by atomic mass is 10.3. The highest BCUT2D eigenvalue weighted by atomic mass is 32.2. The fraction of sp³-hybridized carbons (Fsp3) is 0.667. The molecule has 1 aromatic rings. The number of ether oxygens (including phenoxy) is 1. The topological polar surface area (TPSA) is 80.6 Å². The molecule has 0 spiro atoms. The summed E-state index contributed by atoms with van der Waals surface area (Å²) in [6, 6.07) is 3.43. The molecule has 0 bridgehead atoms. The third-order valence-electron chi connectivity index (χ3n) is 2.33. The Kier molecular flexibility index (Phi) is 6.50. The molecule has 0 aliphatic rings. The van der Waals surface area contributed by atoms with Gasteiger partial charge in [-0.1, -0.05) is 13.8 Å². The van der Waals surface area contributed by atoms with Gasteiger partial charge in [0.1, 0.15) is 5.76 Å². The SMILES string of the molecule is CCOCCNS(=O)(=O)c1ccc(CNC(C)C)o1. The summed E-state index contributed by atoms with van der Waals surface area (Å²) in [6.45, 7) is 7.52. The second-order valence-corrected chi connectivity index (χ2v) is 6.05. The van der Waals surface area contributed by atoms with Crippen molar-refractivity contribution >= 4 is 10.0 Å². The van der Waals surface area contributed by atoms with Crippen LogP contribution < -0.4 is 10.0 Å². The van der Waals surface area contributed by atoms with Crippen molar-refractivity contribution in [1.82, 2.24) is 10.0 Å². The van der Waals surface area contributed by atoms with Crippen LogP contribution in [0.4, 0.5) is 0 Å². The summed E-state index contributed by atoms with van der Waals surface area (Å²) < 4.78 is 36.5. The Balaban J connectivity index is 2.53. The fourth-order valence-corrected chi connectivity index (χ4v) is 2.32. The summed E-state index contributed by atoms with van der Waals surface area (Å²) in [5.74, 6) is 0.596. The first-order chi connectivity index (χ1) is 8.95. The molecule has 0 aliphatic carbocycles. The molecule has 7 heteroatoms. The molecule has 0 saturated carbocycles. The van der Waals surface area contributed by atoms with Crippen LogP contribution in [-0.4, -0.2) is 34.2 Å². The van der Waals surface area contributed by atoms with Crippen LogP contribution in [0.5, 0.6) is 0 Å². The normalized spacial score (nSPS) is 12.2. The van der Waals surface area contributed by atoms with Crippen LogP contribution in [0.3, 0.4) is 0 Å². The van der Waals surface area contributed by atoms with Crippen LogP contribution in [0.15, 0.2) is 21.6 Å². The molecule has 2 N–H and O–H groups in total. The van der Waals surface area contributed by atoms with Crippen LogP contribution in [-0.2, 0) is 21.3 Å². The summed E-state index contributed by atoms with van der Waals surface area (Å²) in [5.41, 5.74) is 0. The summed E-state index contributed by atoms with van der Waals surface area (Å²) in [6.07, 6.45) is 0. The van der Waals surface area contributed by atoms with Crippen molar-refractivity contribution in [3.8, 4) is 0 Å². The van der Waals surface area contributed by atoms with Crippen LogP contribution in [0.25, 0.3) is 0 Å². The Labute approximate surface area is 114 Å². The number of sulfonamides is 1. The first-order valence-electron chi connectivity index (χ1n) is 6.35. The molecule has 1 aromatic heterocycles. The Morgan fingerprint density at radius 1 is 1.37 bits per heavy atom. The molecule has 0 aromatic carbocycles. The van der Waals surface area contributed by atoms with Crippen LogP contribution in [0.1, 0.15) is 26.5 Å². The zero-order chi connectivity index (χ0) is 14.3. The molecule has 0 unspecified atom stereocenters. The predicted molar refractivity (Wildman–Crippen MR) is 72.4 cm³/mol. The zero-order valence-corrected chi connectivity index (χ0v) is 12.4. The lowest BCUT2D eigenvalue weighted by Crippen LogP contribution is -2.27. The van der Waals surface area contributed by atoms with E-state index in [-0.39, 0.29) is 11.6 Å². The number of rotatable bonds is 9. The Morgan fingerprint density at radius 3 is 2.74 bits per heavy atom. The van der Waals surface area contributed by atoms with Gasteiger partial charge in [-0.2, -0.15) is 0 Å². The van der Waals surface area contributed by atoms with Gasteiger partial charge in [0.05, 0.1) is 13.2 Å². The minimum Gasteiger partial charge on any atom is -0.447 e. The average molecular weight is 290 g/mol. The molecular weight excluding hydrogens is 268 g/mol. The first kappa shape index (κ1) is 16.2. The molecule has 0 aliphatic heterocycles. The summed E-state index contributed by atoms with van der Waals surface area (Å²) in [7, 11) is -3.58. The van der Waals surface area contributed by atoms with E-state index in [9.17, 15) is 8.42 Å². The van der Waals surface area contributed by atoms with Gasteiger partial charge in [0.2, 0.25) is 5.09 Å². The van der Waals surface area contributed by atoms with E-state index in [0.717, 1.165) is 0 Å². The van der Waals surface area contributed by atoms with Gasteiger partial charge in [0, 0.05) is 19.2 Å². The third-order valence-corrected chi connectivity index (χ3v) is 3.66. The van der Waals surface area contributed by atoms with Gasteiger partial charge in [0.25, 0.3) is 10.0 Å². The lowest BCUT2D eigenvalue weighted by Gasteiger charge is -2.06. The molecule has 0 amide bonds. The quantitative estimate of drug-likeness (QED) is 0.666. The van der Waals surface area contributed by atoms with Gasteiger partial charge in [-0.15, -0.1) is 0 Å². The number of nitrogens with one attached hydrogen (secondary N) is 2. The number of hydrogen-bond acceptors (Lipinski definition) is 5. The smallest absolute Gasteiger partial charge is 0.274 e. The van der Waals surface area contributed by atoms with Gasteiger partial charge in [-0.05, 0) is 19.1 Å². The van der Waals surface area contributed by atoms with Gasteiger partial charge in [-0.3, -0.25) is 0 Å². The van der Waals surface area contributed by atoms with Crippen molar-refractivity contribution in [3.63, 3.8) is 0 Å². The monoisotopic (exact) mass is 290 g/mol. The summed E-state index contributed by atoms with van der Waals surface area (Å²) in [4.78, 5) is 0. The molecule has 0 atom stereocenters. The van der Waals surface area contributed by atoms with Crippen LogP contribution in [0, 0.1) is 0 Å². The molecule has 0 fully saturated rings. The van der Waals surface area contributed by atoms with Crippen LogP contribution >= 0.6 is 0 Å². The van der Waals surface area contributed by atoms with Gasteiger partial charge in [-0.25, -0.2) is 13.1 Å². The molecule has 0 saturated heterocycles. The van der Waals surface area contributed by atoms with E-state index < -0.39 is 10.0 Å². The molecule has 1 heterocycles.